The predicted octanol–water partition coefficient (Wildman–Crippen LogP) is 1.05. The molecule has 1 saturated heterocycles. The Kier molecular flexibility index (Phi) is 5.54. The Hall–Kier alpha value is -1.73. The zero-order valence-electron chi connectivity index (χ0n) is 15.4. The second-order valence-corrected chi connectivity index (χ2v) is 7.38. The molecule has 0 aromatic carbocycles. The lowest BCUT2D eigenvalue weighted by Gasteiger charge is -2.36. The van der Waals surface area contributed by atoms with Crippen molar-refractivity contribution >= 4 is 11.7 Å². The quantitative estimate of drug-likeness (QED) is 0.829. The zero-order valence-corrected chi connectivity index (χ0v) is 15.4. The van der Waals surface area contributed by atoms with E-state index in [4.69, 9.17) is 0 Å². The van der Waals surface area contributed by atoms with E-state index in [-0.39, 0.29) is 11.8 Å². The lowest BCUT2D eigenvalue weighted by molar-refractivity contribution is -0.131. The van der Waals surface area contributed by atoms with Crippen LogP contribution in [-0.2, 0) is 4.79 Å². The van der Waals surface area contributed by atoms with Crippen LogP contribution in [0.15, 0.2) is 6.33 Å². The third-order valence-electron chi connectivity index (χ3n) is 5.10. The van der Waals surface area contributed by atoms with Crippen LogP contribution in [0.4, 0.5) is 5.82 Å². The average molecular weight is 347 g/mol. The molecule has 7 nitrogen and oxygen atoms in total. The molecule has 2 heterocycles. The summed E-state index contributed by atoms with van der Waals surface area (Å²) in [5.74, 6) is 1.41. The molecule has 0 radical (unpaired) electrons. The third kappa shape index (κ3) is 3.93. The second-order valence-electron chi connectivity index (χ2n) is 7.38. The second kappa shape index (κ2) is 7.66. The Labute approximate surface area is 149 Å². The Morgan fingerprint density at radius 3 is 2.72 bits per heavy atom. The number of aromatic nitrogens is 2. The monoisotopic (exact) mass is 347 g/mol. The number of rotatable bonds is 5. The van der Waals surface area contributed by atoms with Crippen LogP contribution in [0, 0.1) is 0 Å². The van der Waals surface area contributed by atoms with Crippen molar-refractivity contribution in [1.82, 2.24) is 20.2 Å². The molecule has 1 aromatic heterocycles. The van der Waals surface area contributed by atoms with Crippen LogP contribution >= 0.6 is 0 Å². The number of fused-ring (bicyclic) bond motifs is 1. The summed E-state index contributed by atoms with van der Waals surface area (Å²) in [4.78, 5) is 25.2. The summed E-state index contributed by atoms with van der Waals surface area (Å²) >= 11 is 0. The van der Waals surface area contributed by atoms with Crippen LogP contribution < -0.4 is 10.2 Å². The Morgan fingerprint density at radius 1 is 1.32 bits per heavy atom. The summed E-state index contributed by atoms with van der Waals surface area (Å²) in [6.07, 6.45) is 2.32. The van der Waals surface area contributed by atoms with E-state index in [1.54, 1.807) is 6.33 Å². The first-order valence-corrected chi connectivity index (χ1v) is 9.26. The van der Waals surface area contributed by atoms with Gasteiger partial charge in [0.05, 0.1) is 11.8 Å². The highest BCUT2D eigenvalue weighted by molar-refractivity contribution is 5.76. The van der Waals surface area contributed by atoms with Gasteiger partial charge in [0.15, 0.2) is 0 Å². The number of aliphatic hydroxyl groups excluding tert-OH is 1. The molecule has 138 valence electrons. The Morgan fingerprint density at radius 2 is 2.04 bits per heavy atom. The maximum atomic E-state index is 12.3. The van der Waals surface area contributed by atoms with E-state index in [1.807, 2.05) is 4.90 Å². The Bertz CT molecular complexity index is 613. The molecule has 0 unspecified atom stereocenters. The van der Waals surface area contributed by atoms with Gasteiger partial charge in [0.2, 0.25) is 5.91 Å². The van der Waals surface area contributed by atoms with Gasteiger partial charge >= 0.3 is 0 Å². The molecule has 2 atom stereocenters. The number of nitrogens with one attached hydrogen (secondary N) is 1. The van der Waals surface area contributed by atoms with Gasteiger partial charge in [0.25, 0.3) is 0 Å². The topological polar surface area (TPSA) is 81.6 Å². The molecule has 7 heteroatoms. The predicted molar refractivity (Wildman–Crippen MR) is 96.6 cm³/mol. The van der Waals surface area contributed by atoms with E-state index in [9.17, 15) is 9.90 Å². The largest absolute Gasteiger partial charge is 0.387 e. The van der Waals surface area contributed by atoms with Gasteiger partial charge in [-0.25, -0.2) is 9.97 Å². The fourth-order valence-electron chi connectivity index (χ4n) is 3.75. The fraction of sp³-hybridized carbons (Fsp3) is 0.722. The summed E-state index contributed by atoms with van der Waals surface area (Å²) in [5.41, 5.74) is 1.85. The first-order valence-electron chi connectivity index (χ1n) is 9.26. The Balaban J connectivity index is 1.59. The summed E-state index contributed by atoms with van der Waals surface area (Å²) in [6, 6.07) is 0.404. The van der Waals surface area contributed by atoms with Crippen molar-refractivity contribution in [2.75, 3.05) is 37.6 Å². The first kappa shape index (κ1) is 18.1. The van der Waals surface area contributed by atoms with Crippen LogP contribution in [0.25, 0.3) is 0 Å². The van der Waals surface area contributed by atoms with E-state index in [0.29, 0.717) is 18.9 Å². The molecule has 1 fully saturated rings. The standard InChI is InChI=1S/C18H29N5O2/c1-12(2)19-5-4-15(25)22-6-8-23(9-7-22)18-16-13(3)10-14(24)17(16)20-11-21-18/h11-14,19,24H,4-10H2,1-3H3/t13-,14+/m1/s1. The van der Waals surface area contributed by atoms with Gasteiger partial charge in [0.1, 0.15) is 12.1 Å². The molecule has 0 bridgehead atoms. The molecular formula is C18H29N5O2. The van der Waals surface area contributed by atoms with Crippen molar-refractivity contribution in [1.29, 1.82) is 0 Å². The molecule has 1 aliphatic carbocycles. The van der Waals surface area contributed by atoms with Crippen LogP contribution in [-0.4, -0.2) is 64.6 Å². The van der Waals surface area contributed by atoms with Crippen molar-refractivity contribution in [2.24, 2.45) is 0 Å². The summed E-state index contributed by atoms with van der Waals surface area (Å²) in [5, 5.41) is 13.4. The number of aliphatic hydroxyl groups is 1. The molecule has 0 saturated carbocycles. The lowest BCUT2D eigenvalue weighted by atomic mass is 10.1. The van der Waals surface area contributed by atoms with E-state index in [0.717, 1.165) is 49.8 Å². The number of hydrogen-bond donors (Lipinski definition) is 2. The number of amides is 1. The van der Waals surface area contributed by atoms with Gasteiger partial charge in [-0.15, -0.1) is 0 Å². The number of carbonyl (C=O) groups is 1. The maximum Gasteiger partial charge on any atom is 0.223 e. The number of hydrogen-bond acceptors (Lipinski definition) is 6. The van der Waals surface area contributed by atoms with E-state index >= 15 is 0 Å². The van der Waals surface area contributed by atoms with Crippen LogP contribution in [0.1, 0.15) is 56.9 Å². The molecule has 2 aliphatic rings. The third-order valence-corrected chi connectivity index (χ3v) is 5.10. The lowest BCUT2D eigenvalue weighted by Crippen LogP contribution is -2.49. The summed E-state index contributed by atoms with van der Waals surface area (Å²) in [6.45, 7) is 10.00. The normalized spacial score (nSPS) is 23.2. The number of piperazine rings is 1. The van der Waals surface area contributed by atoms with Gasteiger partial charge < -0.3 is 20.2 Å². The van der Waals surface area contributed by atoms with E-state index in [2.05, 4.69) is 41.0 Å². The van der Waals surface area contributed by atoms with Crippen molar-refractivity contribution in [3.63, 3.8) is 0 Å². The van der Waals surface area contributed by atoms with Crippen molar-refractivity contribution in [3.05, 3.63) is 17.6 Å². The van der Waals surface area contributed by atoms with Crippen LogP contribution in [0.3, 0.4) is 0 Å². The molecule has 1 amide bonds. The van der Waals surface area contributed by atoms with Gasteiger partial charge in [-0.1, -0.05) is 20.8 Å². The highest BCUT2D eigenvalue weighted by Gasteiger charge is 2.33. The molecule has 0 spiro atoms. The zero-order chi connectivity index (χ0) is 18.0. The number of nitrogens with zero attached hydrogens (tertiary/aromatic N) is 4. The average Bonchev–Trinajstić information content (AvgIpc) is 2.89. The van der Waals surface area contributed by atoms with Gasteiger partial charge in [-0.2, -0.15) is 0 Å². The number of carbonyl (C=O) groups excluding carboxylic acids is 1. The summed E-state index contributed by atoms with van der Waals surface area (Å²) < 4.78 is 0. The molecule has 1 aromatic rings. The van der Waals surface area contributed by atoms with Gasteiger partial charge in [-0.05, 0) is 12.3 Å². The molecular weight excluding hydrogens is 318 g/mol. The molecule has 25 heavy (non-hydrogen) atoms. The minimum absolute atomic E-state index is 0.213. The van der Waals surface area contributed by atoms with Crippen molar-refractivity contribution < 1.29 is 9.90 Å². The first-order chi connectivity index (χ1) is 12.0. The minimum Gasteiger partial charge on any atom is -0.387 e. The van der Waals surface area contributed by atoms with Gasteiger partial charge in [0, 0.05) is 50.7 Å². The van der Waals surface area contributed by atoms with Crippen LogP contribution in [0.2, 0.25) is 0 Å². The summed E-state index contributed by atoms with van der Waals surface area (Å²) in [7, 11) is 0. The minimum atomic E-state index is -0.483. The molecule has 3 rings (SSSR count). The maximum absolute atomic E-state index is 12.3. The number of anilines is 1. The fourth-order valence-corrected chi connectivity index (χ4v) is 3.75. The molecule has 1 aliphatic heterocycles. The van der Waals surface area contributed by atoms with Gasteiger partial charge in [-0.3, -0.25) is 4.79 Å². The smallest absolute Gasteiger partial charge is 0.223 e. The van der Waals surface area contributed by atoms with Crippen molar-refractivity contribution in [2.45, 2.75) is 51.7 Å². The van der Waals surface area contributed by atoms with E-state index in [1.165, 1.54) is 0 Å². The van der Waals surface area contributed by atoms with E-state index < -0.39 is 6.10 Å². The van der Waals surface area contributed by atoms with Crippen molar-refractivity contribution in [3.8, 4) is 0 Å². The highest BCUT2D eigenvalue weighted by Crippen LogP contribution is 2.42. The molecule has 2 N–H and O–H groups in total. The highest BCUT2D eigenvalue weighted by atomic mass is 16.3. The van der Waals surface area contributed by atoms with Crippen LogP contribution in [0.5, 0.6) is 0 Å². The SMILES string of the molecule is CC(C)NCCC(=O)N1CCN(c2ncnc3c2[C@H](C)C[C@@H]3O)CC1.